The highest BCUT2D eigenvalue weighted by Gasteiger charge is 2.08. The molecule has 0 aliphatic heterocycles. The first-order valence-corrected chi connectivity index (χ1v) is 9.20. The number of amides is 2. The summed E-state index contributed by atoms with van der Waals surface area (Å²) in [4.78, 5) is 27.6. The molecule has 2 amide bonds. The number of hydrazone groups is 1. The Bertz CT molecular complexity index is 819. The van der Waals surface area contributed by atoms with Gasteiger partial charge in [0.15, 0.2) is 18.1 Å². The normalized spacial score (nSPS) is 10.6. The molecule has 0 atom stereocenters. The number of methoxy groups -OCH3 is 1. The Morgan fingerprint density at radius 2 is 2.11 bits per heavy atom. The Morgan fingerprint density at radius 3 is 2.78 bits per heavy atom. The Kier molecular flexibility index (Phi) is 7.75. The van der Waals surface area contributed by atoms with E-state index in [1.807, 2.05) is 19.2 Å². The van der Waals surface area contributed by atoms with Gasteiger partial charge in [-0.05, 0) is 37.6 Å². The minimum atomic E-state index is -0.241. The zero-order chi connectivity index (χ0) is 19.6. The van der Waals surface area contributed by atoms with E-state index >= 15 is 0 Å². The van der Waals surface area contributed by atoms with Crippen molar-refractivity contribution in [1.29, 1.82) is 0 Å². The lowest BCUT2D eigenvalue weighted by Crippen LogP contribution is -2.28. The van der Waals surface area contributed by atoms with Crippen LogP contribution in [0.4, 0.5) is 0 Å². The van der Waals surface area contributed by atoms with E-state index in [2.05, 4.69) is 20.8 Å². The smallest absolute Gasteiger partial charge is 0.257 e. The number of likely N-dealkylation sites (N-methyl/N-ethyl adjacent to an activating group) is 1. The standard InChI is InChI=1S/C18H22N4O4S/c1-4-19-17(24)10-26-14-6-5-13(7-15(14)25-3)9-20-22-16(23)8-18-21-12(2)11-27-18/h5-7,9,11H,4,8,10H2,1-3H3,(H,19,24)(H,22,23)/b20-9-. The van der Waals surface area contributed by atoms with E-state index in [9.17, 15) is 9.59 Å². The molecular formula is C18H22N4O4S. The molecule has 2 rings (SSSR count). The summed E-state index contributed by atoms with van der Waals surface area (Å²) >= 11 is 1.44. The maximum atomic E-state index is 11.9. The van der Waals surface area contributed by atoms with Crippen molar-refractivity contribution in [3.8, 4) is 11.5 Å². The third kappa shape index (κ3) is 6.70. The summed E-state index contributed by atoms with van der Waals surface area (Å²) in [5.41, 5.74) is 4.07. The molecule has 0 radical (unpaired) electrons. The number of carbonyl (C=O) groups excluding carboxylic acids is 2. The highest BCUT2D eigenvalue weighted by atomic mass is 32.1. The molecule has 0 fully saturated rings. The summed E-state index contributed by atoms with van der Waals surface area (Å²) in [7, 11) is 1.51. The predicted octanol–water partition coefficient (Wildman–Crippen LogP) is 1.67. The zero-order valence-corrected chi connectivity index (χ0v) is 16.3. The van der Waals surface area contributed by atoms with Crippen LogP contribution in [0.1, 0.15) is 23.2 Å². The van der Waals surface area contributed by atoms with Gasteiger partial charge in [0.1, 0.15) is 5.01 Å². The van der Waals surface area contributed by atoms with Gasteiger partial charge in [-0.3, -0.25) is 9.59 Å². The van der Waals surface area contributed by atoms with Gasteiger partial charge in [-0.2, -0.15) is 5.10 Å². The first-order valence-electron chi connectivity index (χ1n) is 8.32. The molecule has 0 aliphatic carbocycles. The van der Waals surface area contributed by atoms with Crippen LogP contribution in [0, 0.1) is 6.92 Å². The molecule has 1 aromatic carbocycles. The molecule has 9 heteroatoms. The van der Waals surface area contributed by atoms with E-state index in [0.29, 0.717) is 23.6 Å². The van der Waals surface area contributed by atoms with Gasteiger partial charge in [0.25, 0.3) is 5.91 Å². The SMILES string of the molecule is CCNC(=O)COc1ccc(/C=N\NC(=O)Cc2nc(C)cs2)cc1OC. The Balaban J connectivity index is 1.91. The number of ether oxygens (including phenoxy) is 2. The summed E-state index contributed by atoms with van der Waals surface area (Å²) in [6.45, 7) is 4.17. The van der Waals surface area contributed by atoms with E-state index < -0.39 is 0 Å². The summed E-state index contributed by atoms with van der Waals surface area (Å²) in [5, 5.41) is 9.23. The highest BCUT2D eigenvalue weighted by Crippen LogP contribution is 2.27. The van der Waals surface area contributed by atoms with Gasteiger partial charge in [0.05, 0.1) is 19.7 Å². The summed E-state index contributed by atoms with van der Waals surface area (Å²) in [5.74, 6) is 0.467. The van der Waals surface area contributed by atoms with Gasteiger partial charge >= 0.3 is 0 Å². The van der Waals surface area contributed by atoms with Crippen molar-refractivity contribution in [2.24, 2.45) is 5.10 Å². The van der Waals surface area contributed by atoms with Gasteiger partial charge in [0, 0.05) is 17.6 Å². The second-order valence-corrected chi connectivity index (χ2v) is 6.45. The quantitative estimate of drug-likeness (QED) is 0.501. The van der Waals surface area contributed by atoms with E-state index in [1.165, 1.54) is 24.7 Å². The van der Waals surface area contributed by atoms with Gasteiger partial charge in [-0.25, -0.2) is 10.4 Å². The van der Waals surface area contributed by atoms with Crippen LogP contribution in [0.25, 0.3) is 0 Å². The third-order valence-electron chi connectivity index (χ3n) is 3.30. The second kappa shape index (κ2) is 10.3. The topological polar surface area (TPSA) is 102 Å². The molecule has 1 aromatic heterocycles. The van der Waals surface area contributed by atoms with Crippen LogP contribution in [-0.2, 0) is 16.0 Å². The Labute approximate surface area is 161 Å². The van der Waals surface area contributed by atoms with Crippen LogP contribution in [0.3, 0.4) is 0 Å². The third-order valence-corrected chi connectivity index (χ3v) is 4.27. The molecule has 1 heterocycles. The van der Waals surface area contributed by atoms with Crippen LogP contribution in [0.2, 0.25) is 0 Å². The maximum absolute atomic E-state index is 11.9. The fourth-order valence-electron chi connectivity index (χ4n) is 2.11. The molecule has 27 heavy (non-hydrogen) atoms. The van der Waals surface area contributed by atoms with Crippen molar-refractivity contribution in [2.75, 3.05) is 20.3 Å². The van der Waals surface area contributed by atoms with Crippen LogP contribution in [0.5, 0.6) is 11.5 Å². The van der Waals surface area contributed by atoms with Crippen LogP contribution in [0.15, 0.2) is 28.7 Å². The number of thiazole rings is 1. The lowest BCUT2D eigenvalue weighted by Gasteiger charge is -2.11. The van der Waals surface area contributed by atoms with E-state index in [4.69, 9.17) is 9.47 Å². The van der Waals surface area contributed by atoms with Crippen LogP contribution < -0.4 is 20.2 Å². The minimum Gasteiger partial charge on any atom is -0.493 e. The van der Waals surface area contributed by atoms with Crippen LogP contribution in [-0.4, -0.2) is 43.3 Å². The number of hydrogen-bond donors (Lipinski definition) is 2. The van der Waals surface area contributed by atoms with Crippen molar-refractivity contribution < 1.29 is 19.1 Å². The van der Waals surface area contributed by atoms with E-state index in [0.717, 1.165) is 10.7 Å². The van der Waals surface area contributed by atoms with Crippen molar-refractivity contribution >= 4 is 29.4 Å². The van der Waals surface area contributed by atoms with Crippen LogP contribution >= 0.6 is 11.3 Å². The van der Waals surface area contributed by atoms with Gasteiger partial charge < -0.3 is 14.8 Å². The highest BCUT2D eigenvalue weighted by molar-refractivity contribution is 7.09. The molecule has 0 spiro atoms. The van der Waals surface area contributed by atoms with E-state index in [-0.39, 0.29) is 24.8 Å². The van der Waals surface area contributed by atoms with Gasteiger partial charge in [-0.15, -0.1) is 11.3 Å². The Hall–Kier alpha value is -2.94. The summed E-state index contributed by atoms with van der Waals surface area (Å²) in [6, 6.07) is 5.13. The number of hydrogen-bond acceptors (Lipinski definition) is 7. The molecule has 0 aliphatic rings. The molecule has 8 nitrogen and oxygen atoms in total. The number of nitrogens with one attached hydrogen (secondary N) is 2. The zero-order valence-electron chi connectivity index (χ0n) is 15.4. The molecule has 0 bridgehead atoms. The molecular weight excluding hydrogens is 368 g/mol. The fourth-order valence-corrected chi connectivity index (χ4v) is 2.89. The van der Waals surface area contributed by atoms with E-state index in [1.54, 1.807) is 18.2 Å². The molecule has 0 saturated heterocycles. The average molecular weight is 390 g/mol. The predicted molar refractivity (Wildman–Crippen MR) is 103 cm³/mol. The molecule has 0 unspecified atom stereocenters. The first kappa shape index (κ1) is 20.4. The fraction of sp³-hybridized carbons (Fsp3) is 0.333. The Morgan fingerprint density at radius 1 is 1.30 bits per heavy atom. The number of aromatic nitrogens is 1. The van der Waals surface area contributed by atoms with Crippen molar-refractivity contribution in [3.63, 3.8) is 0 Å². The summed E-state index contributed by atoms with van der Waals surface area (Å²) < 4.78 is 10.7. The van der Waals surface area contributed by atoms with Gasteiger partial charge in [0.2, 0.25) is 5.91 Å². The number of carbonyl (C=O) groups is 2. The largest absolute Gasteiger partial charge is 0.493 e. The molecule has 0 saturated carbocycles. The minimum absolute atomic E-state index is 0.0933. The van der Waals surface area contributed by atoms with Crippen molar-refractivity contribution in [3.05, 3.63) is 39.8 Å². The first-order chi connectivity index (χ1) is 13.0. The molecule has 2 N–H and O–H groups in total. The lowest BCUT2D eigenvalue weighted by molar-refractivity contribution is -0.123. The number of nitrogens with zero attached hydrogens (tertiary/aromatic N) is 2. The molecule has 144 valence electrons. The maximum Gasteiger partial charge on any atom is 0.257 e. The monoisotopic (exact) mass is 390 g/mol. The number of aryl methyl sites for hydroxylation is 1. The summed E-state index contributed by atoms with van der Waals surface area (Å²) in [6.07, 6.45) is 1.69. The number of benzene rings is 1. The van der Waals surface area contributed by atoms with Crippen molar-refractivity contribution in [2.45, 2.75) is 20.3 Å². The second-order valence-electron chi connectivity index (χ2n) is 5.51. The molecule has 2 aromatic rings. The van der Waals surface area contributed by atoms with Crippen molar-refractivity contribution in [1.82, 2.24) is 15.7 Å². The lowest BCUT2D eigenvalue weighted by atomic mass is 10.2. The average Bonchev–Trinajstić information content (AvgIpc) is 3.05. The number of rotatable bonds is 9. The van der Waals surface area contributed by atoms with Gasteiger partial charge in [-0.1, -0.05) is 0 Å².